The van der Waals surface area contributed by atoms with Crippen molar-refractivity contribution in [3.63, 3.8) is 0 Å². The minimum atomic E-state index is -0.0857. The second kappa shape index (κ2) is 7.00. The van der Waals surface area contributed by atoms with E-state index in [1.54, 1.807) is 23.3 Å². The van der Waals surface area contributed by atoms with Gasteiger partial charge in [0.15, 0.2) is 0 Å². The summed E-state index contributed by atoms with van der Waals surface area (Å²) in [6, 6.07) is 1.91. The molecule has 0 atom stereocenters. The molecule has 0 bridgehead atoms. The molecule has 0 radical (unpaired) electrons. The number of anilines is 1. The van der Waals surface area contributed by atoms with Crippen LogP contribution in [-0.2, 0) is 9.53 Å². The van der Waals surface area contributed by atoms with E-state index in [4.69, 9.17) is 16.3 Å². The number of hydrogen-bond acceptors (Lipinski definition) is 5. The number of rotatable bonds is 4. The average molecular weight is 335 g/mol. The Hall–Kier alpha value is -2.08. The number of piperidine rings is 1. The first-order valence-electron chi connectivity index (χ1n) is 7.75. The van der Waals surface area contributed by atoms with Crippen molar-refractivity contribution in [1.82, 2.24) is 14.8 Å². The second-order valence-electron chi connectivity index (χ2n) is 5.48. The van der Waals surface area contributed by atoms with Crippen molar-refractivity contribution in [3.8, 4) is 5.69 Å². The number of esters is 1. The number of aromatic nitrogens is 3. The van der Waals surface area contributed by atoms with Crippen LogP contribution in [-0.4, -0.2) is 40.4 Å². The van der Waals surface area contributed by atoms with Crippen molar-refractivity contribution in [2.24, 2.45) is 5.92 Å². The van der Waals surface area contributed by atoms with Crippen molar-refractivity contribution >= 4 is 23.3 Å². The zero-order chi connectivity index (χ0) is 16.2. The highest BCUT2D eigenvalue weighted by atomic mass is 35.5. The highest BCUT2D eigenvalue weighted by molar-refractivity contribution is 6.30. The maximum atomic E-state index is 11.9. The van der Waals surface area contributed by atoms with Crippen molar-refractivity contribution in [2.75, 3.05) is 24.6 Å². The van der Waals surface area contributed by atoms with Gasteiger partial charge in [-0.2, -0.15) is 5.10 Å². The molecule has 7 heteroatoms. The molecule has 6 nitrogen and oxygen atoms in total. The molecule has 3 rings (SSSR count). The molecule has 0 aliphatic carbocycles. The van der Waals surface area contributed by atoms with Crippen LogP contribution in [0, 0.1) is 5.92 Å². The second-order valence-corrected chi connectivity index (χ2v) is 5.92. The summed E-state index contributed by atoms with van der Waals surface area (Å²) < 4.78 is 6.87. The first-order chi connectivity index (χ1) is 11.2. The lowest BCUT2D eigenvalue weighted by molar-refractivity contribution is -0.148. The lowest BCUT2D eigenvalue weighted by atomic mass is 9.96. The Morgan fingerprint density at radius 1 is 1.35 bits per heavy atom. The predicted molar refractivity (Wildman–Crippen MR) is 87.9 cm³/mol. The number of pyridine rings is 1. The van der Waals surface area contributed by atoms with E-state index < -0.39 is 0 Å². The number of carbonyl (C=O) groups is 1. The van der Waals surface area contributed by atoms with Crippen LogP contribution in [0.25, 0.3) is 5.69 Å². The smallest absolute Gasteiger partial charge is 0.309 e. The molecule has 0 saturated carbocycles. The van der Waals surface area contributed by atoms with Gasteiger partial charge in [-0.3, -0.25) is 9.78 Å². The van der Waals surface area contributed by atoms with Crippen LogP contribution >= 0.6 is 11.6 Å². The van der Waals surface area contributed by atoms with Gasteiger partial charge in [0.1, 0.15) is 0 Å². The SMILES string of the molecule is CCOC(=O)C1CCN(c2cnccc2-n2cc(Cl)cn2)CC1. The third kappa shape index (κ3) is 3.47. The fourth-order valence-electron chi connectivity index (χ4n) is 2.86. The van der Waals surface area contributed by atoms with Gasteiger partial charge in [0.2, 0.25) is 0 Å². The fourth-order valence-corrected chi connectivity index (χ4v) is 3.00. The molecule has 122 valence electrons. The van der Waals surface area contributed by atoms with Gasteiger partial charge in [-0.15, -0.1) is 0 Å². The highest BCUT2D eigenvalue weighted by Gasteiger charge is 2.27. The summed E-state index contributed by atoms with van der Waals surface area (Å²) in [5.41, 5.74) is 1.93. The van der Waals surface area contributed by atoms with E-state index in [9.17, 15) is 4.79 Å². The molecule has 23 heavy (non-hydrogen) atoms. The Morgan fingerprint density at radius 2 is 2.13 bits per heavy atom. The van der Waals surface area contributed by atoms with Gasteiger partial charge in [0.05, 0.1) is 41.3 Å². The van der Waals surface area contributed by atoms with Crippen LogP contribution in [0.3, 0.4) is 0 Å². The van der Waals surface area contributed by atoms with Gasteiger partial charge in [-0.05, 0) is 25.8 Å². The normalized spacial score (nSPS) is 15.7. The van der Waals surface area contributed by atoms with Gasteiger partial charge < -0.3 is 9.64 Å². The first kappa shape index (κ1) is 15.8. The fraction of sp³-hybridized carbons (Fsp3) is 0.438. The van der Waals surface area contributed by atoms with E-state index in [0.29, 0.717) is 11.6 Å². The molecule has 0 N–H and O–H groups in total. The van der Waals surface area contributed by atoms with Crippen LogP contribution in [0.4, 0.5) is 5.69 Å². The third-order valence-corrected chi connectivity index (χ3v) is 4.23. The standard InChI is InChI=1S/C16H19ClN4O2/c1-2-23-16(22)12-4-7-20(8-5-12)15-10-18-6-3-14(15)21-11-13(17)9-19-21/h3,6,9-12H,2,4-5,7-8H2,1H3. The molecule has 1 aliphatic heterocycles. The molecule has 2 aromatic heterocycles. The topological polar surface area (TPSA) is 60.2 Å². The lowest BCUT2D eigenvalue weighted by Gasteiger charge is -2.33. The summed E-state index contributed by atoms with van der Waals surface area (Å²) in [4.78, 5) is 18.3. The zero-order valence-corrected chi connectivity index (χ0v) is 13.7. The third-order valence-electron chi connectivity index (χ3n) is 4.03. The van der Waals surface area contributed by atoms with E-state index in [2.05, 4.69) is 15.0 Å². The summed E-state index contributed by atoms with van der Waals surface area (Å²) in [5, 5.41) is 4.86. The molecular weight excluding hydrogens is 316 g/mol. The molecule has 3 heterocycles. The van der Waals surface area contributed by atoms with Crippen molar-refractivity contribution in [2.45, 2.75) is 19.8 Å². The summed E-state index contributed by atoms with van der Waals surface area (Å²) in [7, 11) is 0. The quantitative estimate of drug-likeness (QED) is 0.804. The van der Waals surface area contributed by atoms with Crippen LogP contribution in [0.15, 0.2) is 30.9 Å². The minimum absolute atomic E-state index is 0.00882. The number of halogens is 1. The monoisotopic (exact) mass is 334 g/mol. The van der Waals surface area contributed by atoms with Crippen molar-refractivity contribution in [1.29, 1.82) is 0 Å². The minimum Gasteiger partial charge on any atom is -0.466 e. The molecule has 1 saturated heterocycles. The first-order valence-corrected chi connectivity index (χ1v) is 8.13. The Bertz CT molecular complexity index is 680. The van der Waals surface area contributed by atoms with Gasteiger partial charge in [-0.1, -0.05) is 11.6 Å². The van der Waals surface area contributed by atoms with E-state index >= 15 is 0 Å². The van der Waals surface area contributed by atoms with Gasteiger partial charge in [-0.25, -0.2) is 4.68 Å². The molecule has 0 unspecified atom stereocenters. The Balaban J connectivity index is 1.75. The van der Waals surface area contributed by atoms with E-state index in [1.807, 2.05) is 19.2 Å². The van der Waals surface area contributed by atoms with Crippen molar-refractivity contribution in [3.05, 3.63) is 35.9 Å². The van der Waals surface area contributed by atoms with Gasteiger partial charge in [0.25, 0.3) is 0 Å². The van der Waals surface area contributed by atoms with Crippen LogP contribution in [0.2, 0.25) is 5.02 Å². The maximum Gasteiger partial charge on any atom is 0.309 e. The Morgan fingerprint density at radius 3 is 2.78 bits per heavy atom. The zero-order valence-electron chi connectivity index (χ0n) is 13.0. The molecule has 0 amide bonds. The van der Waals surface area contributed by atoms with Crippen LogP contribution in [0.1, 0.15) is 19.8 Å². The average Bonchev–Trinajstić information content (AvgIpc) is 3.02. The summed E-state index contributed by atoms with van der Waals surface area (Å²) in [6.45, 7) is 3.85. The largest absolute Gasteiger partial charge is 0.466 e. The van der Waals surface area contributed by atoms with Crippen LogP contribution in [0.5, 0.6) is 0 Å². The molecule has 1 fully saturated rings. The highest BCUT2D eigenvalue weighted by Crippen LogP contribution is 2.28. The molecule has 1 aliphatic rings. The van der Waals surface area contributed by atoms with E-state index in [-0.39, 0.29) is 11.9 Å². The summed E-state index contributed by atoms with van der Waals surface area (Å²) >= 11 is 5.97. The Kier molecular flexibility index (Phi) is 4.81. The number of ether oxygens (including phenoxy) is 1. The number of nitrogens with zero attached hydrogens (tertiary/aromatic N) is 4. The molecule has 2 aromatic rings. The van der Waals surface area contributed by atoms with Crippen molar-refractivity contribution < 1.29 is 9.53 Å². The summed E-state index contributed by atoms with van der Waals surface area (Å²) in [5.74, 6) is -0.0945. The van der Waals surface area contributed by atoms with Gasteiger partial charge in [0, 0.05) is 25.5 Å². The van der Waals surface area contributed by atoms with Gasteiger partial charge >= 0.3 is 5.97 Å². The molecular formula is C16H19ClN4O2. The maximum absolute atomic E-state index is 11.9. The number of hydrogen-bond donors (Lipinski definition) is 0. The number of carbonyl (C=O) groups excluding carboxylic acids is 1. The lowest BCUT2D eigenvalue weighted by Crippen LogP contribution is -2.37. The predicted octanol–water partition coefficient (Wildman–Crippen LogP) is 2.70. The molecule has 0 aromatic carbocycles. The Labute approximate surface area is 140 Å². The molecule has 0 spiro atoms. The summed E-state index contributed by atoms with van der Waals surface area (Å²) in [6.07, 6.45) is 8.51. The van der Waals surface area contributed by atoms with Crippen LogP contribution < -0.4 is 4.90 Å². The van der Waals surface area contributed by atoms with E-state index in [0.717, 1.165) is 37.3 Å². The van der Waals surface area contributed by atoms with E-state index in [1.165, 1.54) is 0 Å².